The van der Waals surface area contributed by atoms with Gasteiger partial charge in [0.05, 0.1) is 27.7 Å². The molecule has 0 spiro atoms. The average molecular weight is 1090 g/mol. The van der Waals surface area contributed by atoms with Gasteiger partial charge >= 0.3 is 19.8 Å². The van der Waals surface area contributed by atoms with Crippen LogP contribution >= 0.6 is 7.82 Å². The van der Waals surface area contributed by atoms with Gasteiger partial charge in [0.1, 0.15) is 19.8 Å². The predicted octanol–water partition coefficient (Wildman–Crippen LogP) is 20.5. The third-order valence-electron chi connectivity index (χ3n) is 14.4. The maximum absolute atomic E-state index is 12.9. The van der Waals surface area contributed by atoms with Gasteiger partial charge in [-0.3, -0.25) is 18.6 Å². The normalized spacial score (nSPS) is 13.5. The number of unbranched alkanes of at least 4 members (excludes halogenated alkanes) is 38. The molecule has 0 aliphatic heterocycles. The Balaban J connectivity index is 4.06. The molecule has 0 aliphatic carbocycles. The Hall–Kier alpha value is -2.03. The van der Waals surface area contributed by atoms with Crippen molar-refractivity contribution in [3.8, 4) is 0 Å². The van der Waals surface area contributed by atoms with Crippen molar-refractivity contribution in [1.29, 1.82) is 0 Å². The summed E-state index contributed by atoms with van der Waals surface area (Å²) < 4.78 is 34.7. The second-order valence-corrected chi connectivity index (χ2v) is 24.6. The molecule has 2 unspecified atom stereocenters. The number of rotatable bonds is 60. The quantitative estimate of drug-likeness (QED) is 0.0211. The molecule has 0 saturated carbocycles. The summed E-state index contributed by atoms with van der Waals surface area (Å²) in [4.78, 5) is 35.8. The van der Waals surface area contributed by atoms with E-state index in [9.17, 15) is 19.0 Å². The first-order valence-electron chi connectivity index (χ1n) is 32.4. The molecule has 0 aromatic rings. The van der Waals surface area contributed by atoms with Crippen molar-refractivity contribution in [2.45, 2.75) is 315 Å². The molecule has 0 bridgehead atoms. The minimum absolute atomic E-state index is 0.0330. The van der Waals surface area contributed by atoms with Gasteiger partial charge in [-0.05, 0) is 51.4 Å². The number of likely N-dealkylation sites (N-methyl/N-ethyl adjacent to an activating group) is 1. The minimum atomic E-state index is -4.39. The number of carbonyl (C=O) groups is 2. The van der Waals surface area contributed by atoms with Crippen LogP contribution in [0.1, 0.15) is 309 Å². The second-order valence-electron chi connectivity index (χ2n) is 23.1. The molecule has 0 amide bonds. The molecule has 0 fully saturated rings. The summed E-state index contributed by atoms with van der Waals surface area (Å²) >= 11 is 0. The van der Waals surface area contributed by atoms with E-state index in [1.54, 1.807) is 0 Å². The maximum atomic E-state index is 12.9. The van der Waals surface area contributed by atoms with Gasteiger partial charge in [0.25, 0.3) is 0 Å². The topological polar surface area (TPSA) is 108 Å². The number of phosphoric acid groups is 1. The maximum Gasteiger partial charge on any atom is 0.472 e. The van der Waals surface area contributed by atoms with Crippen molar-refractivity contribution < 1.29 is 42.1 Å². The van der Waals surface area contributed by atoms with Crippen LogP contribution in [-0.2, 0) is 32.7 Å². The zero-order valence-corrected chi connectivity index (χ0v) is 51.6. The van der Waals surface area contributed by atoms with Gasteiger partial charge < -0.3 is 18.9 Å². The van der Waals surface area contributed by atoms with E-state index in [1.165, 1.54) is 218 Å². The first-order chi connectivity index (χ1) is 37.0. The van der Waals surface area contributed by atoms with Crippen molar-refractivity contribution in [3.63, 3.8) is 0 Å². The monoisotopic (exact) mass is 1090 g/mol. The zero-order chi connectivity index (χ0) is 55.6. The summed E-state index contributed by atoms with van der Waals surface area (Å²) in [6, 6.07) is 0. The van der Waals surface area contributed by atoms with Gasteiger partial charge in [-0.1, -0.05) is 294 Å². The number of hydrogen-bond donors (Lipinski definition) is 1. The van der Waals surface area contributed by atoms with Crippen molar-refractivity contribution >= 4 is 19.8 Å². The Morgan fingerprint density at radius 3 is 1.12 bits per heavy atom. The van der Waals surface area contributed by atoms with E-state index in [2.05, 4.69) is 62.5 Å². The highest BCUT2D eigenvalue weighted by molar-refractivity contribution is 7.47. The Kier molecular flexibility index (Phi) is 56.1. The molecule has 10 heteroatoms. The van der Waals surface area contributed by atoms with E-state index in [4.69, 9.17) is 18.5 Å². The smallest absolute Gasteiger partial charge is 0.462 e. The summed E-state index contributed by atoms with van der Waals surface area (Å²) in [6.07, 6.45) is 73.4. The summed E-state index contributed by atoms with van der Waals surface area (Å²) in [5.74, 6) is -0.782. The van der Waals surface area contributed by atoms with Gasteiger partial charge in [-0.15, -0.1) is 0 Å². The molecular weight excluding hydrogens is 966 g/mol. The fourth-order valence-corrected chi connectivity index (χ4v) is 10.2. The predicted molar refractivity (Wildman–Crippen MR) is 326 cm³/mol. The number of nitrogens with zero attached hydrogens (tertiary/aromatic N) is 1. The molecule has 0 radical (unpaired) electrons. The number of ether oxygens (including phenoxy) is 2. The van der Waals surface area contributed by atoms with Crippen LogP contribution in [0.3, 0.4) is 0 Å². The van der Waals surface area contributed by atoms with E-state index >= 15 is 0 Å². The first kappa shape index (κ1) is 74.0. The number of esters is 2. The van der Waals surface area contributed by atoms with Crippen molar-refractivity contribution in [3.05, 3.63) is 48.6 Å². The van der Waals surface area contributed by atoms with Crippen LogP contribution in [-0.4, -0.2) is 74.9 Å². The molecule has 2 atom stereocenters. The SMILES string of the molecule is CC/C=C\C/C=C\C/C=C\C/C=C\CCCCCCCCCCCCCCCCC(=O)OC(COC(=O)CCCCCCCCCCCCCCCCCCCCCCCCCCC)COP(=O)(O)OCC[N+](C)(C)C. The summed E-state index contributed by atoms with van der Waals surface area (Å²) in [5.41, 5.74) is 0. The molecule has 0 saturated heterocycles. The van der Waals surface area contributed by atoms with Gasteiger partial charge in [0.15, 0.2) is 6.10 Å². The molecule has 446 valence electrons. The van der Waals surface area contributed by atoms with E-state index in [0.717, 1.165) is 57.8 Å². The molecule has 0 heterocycles. The van der Waals surface area contributed by atoms with Crippen LogP contribution in [0, 0.1) is 0 Å². The van der Waals surface area contributed by atoms with Crippen LogP contribution in [0.4, 0.5) is 0 Å². The third-order valence-corrected chi connectivity index (χ3v) is 15.4. The first-order valence-corrected chi connectivity index (χ1v) is 33.9. The van der Waals surface area contributed by atoms with E-state index in [-0.39, 0.29) is 25.6 Å². The lowest BCUT2D eigenvalue weighted by atomic mass is 10.0. The van der Waals surface area contributed by atoms with Crippen LogP contribution < -0.4 is 0 Å². The Morgan fingerprint density at radius 2 is 0.750 bits per heavy atom. The second kappa shape index (κ2) is 57.6. The molecule has 76 heavy (non-hydrogen) atoms. The number of allylic oxidation sites excluding steroid dienone is 8. The Morgan fingerprint density at radius 1 is 0.421 bits per heavy atom. The molecule has 0 rings (SSSR count). The largest absolute Gasteiger partial charge is 0.472 e. The Bertz CT molecular complexity index is 1420. The number of carbonyl (C=O) groups excluding carboxylic acids is 2. The lowest BCUT2D eigenvalue weighted by Gasteiger charge is -2.24. The molecule has 1 N–H and O–H groups in total. The molecule has 0 aliphatic rings. The standard InChI is InChI=1S/C66H124NO8P/c1-6-8-10-12-14-16-18-20-22-24-26-28-30-32-33-35-37-39-41-43-45-47-49-51-53-55-57-59-66(69)75-64(63-74-76(70,71)73-61-60-67(3,4)5)62-72-65(68)58-56-54-52-50-48-46-44-42-40-38-36-34-31-29-27-25-23-21-19-17-15-13-11-9-7-2/h8,10,14,16,20,22,26,28,64H,6-7,9,11-13,15,17-19,21,23-25,27,29-63H2,1-5H3/p+1/b10-8-,16-14-,22-20-,28-26-. The van der Waals surface area contributed by atoms with Gasteiger partial charge in [-0.2, -0.15) is 0 Å². The summed E-state index contributed by atoms with van der Waals surface area (Å²) in [7, 11) is 1.49. The number of hydrogen-bond acceptors (Lipinski definition) is 7. The van der Waals surface area contributed by atoms with Crippen molar-refractivity contribution in [2.75, 3.05) is 47.5 Å². The lowest BCUT2D eigenvalue weighted by Crippen LogP contribution is -2.37. The highest BCUT2D eigenvalue weighted by Crippen LogP contribution is 2.43. The highest BCUT2D eigenvalue weighted by Gasteiger charge is 2.27. The van der Waals surface area contributed by atoms with Crippen LogP contribution in [0.5, 0.6) is 0 Å². The van der Waals surface area contributed by atoms with Gasteiger partial charge in [0, 0.05) is 12.8 Å². The van der Waals surface area contributed by atoms with E-state index in [1.807, 2.05) is 21.1 Å². The Labute approximate surface area is 471 Å². The zero-order valence-electron chi connectivity index (χ0n) is 50.8. The fourth-order valence-electron chi connectivity index (χ4n) is 9.42. The fraction of sp³-hybridized carbons (Fsp3) is 0.848. The van der Waals surface area contributed by atoms with Crippen molar-refractivity contribution in [2.24, 2.45) is 0 Å². The van der Waals surface area contributed by atoms with Crippen LogP contribution in [0.2, 0.25) is 0 Å². The molecule has 9 nitrogen and oxygen atoms in total. The highest BCUT2D eigenvalue weighted by atomic mass is 31.2. The van der Waals surface area contributed by atoms with Gasteiger partial charge in [-0.25, -0.2) is 4.57 Å². The summed E-state index contributed by atoms with van der Waals surface area (Å²) in [5, 5.41) is 0. The van der Waals surface area contributed by atoms with Gasteiger partial charge in [0.2, 0.25) is 0 Å². The molecular formula is C66H125NO8P+. The molecule has 0 aromatic heterocycles. The van der Waals surface area contributed by atoms with Crippen LogP contribution in [0.25, 0.3) is 0 Å². The van der Waals surface area contributed by atoms with Crippen LogP contribution in [0.15, 0.2) is 48.6 Å². The van der Waals surface area contributed by atoms with E-state index in [0.29, 0.717) is 23.9 Å². The summed E-state index contributed by atoms with van der Waals surface area (Å²) in [6.45, 7) is 4.38. The average Bonchev–Trinajstić information content (AvgIpc) is 3.38. The number of phosphoric ester groups is 1. The van der Waals surface area contributed by atoms with E-state index < -0.39 is 26.5 Å². The van der Waals surface area contributed by atoms with Crippen molar-refractivity contribution in [1.82, 2.24) is 0 Å². The number of quaternary nitrogens is 1. The lowest BCUT2D eigenvalue weighted by molar-refractivity contribution is -0.870. The third kappa shape index (κ3) is 61.2. The minimum Gasteiger partial charge on any atom is -0.462 e. The molecule has 0 aromatic carbocycles.